The summed E-state index contributed by atoms with van der Waals surface area (Å²) >= 11 is 0. The van der Waals surface area contributed by atoms with E-state index in [2.05, 4.69) is 29.1 Å². The lowest BCUT2D eigenvalue weighted by atomic mass is 9.78. The van der Waals surface area contributed by atoms with Gasteiger partial charge in [-0.25, -0.2) is 8.42 Å². The van der Waals surface area contributed by atoms with Crippen LogP contribution >= 0.6 is 0 Å². The zero-order chi connectivity index (χ0) is 17.7. The van der Waals surface area contributed by atoms with Crippen molar-refractivity contribution < 1.29 is 8.42 Å². The lowest BCUT2D eigenvalue weighted by Gasteiger charge is -2.42. The fourth-order valence-corrected chi connectivity index (χ4v) is 3.41. The molecule has 0 bridgehead atoms. The summed E-state index contributed by atoms with van der Waals surface area (Å²) in [4.78, 5) is 6.96. The lowest BCUT2D eigenvalue weighted by molar-refractivity contribution is 0.142. The fraction of sp³-hybridized carbons (Fsp3) is 0.941. The Labute approximate surface area is 142 Å². The van der Waals surface area contributed by atoms with Crippen LogP contribution in [0, 0.1) is 5.41 Å². The molecule has 0 saturated carbocycles. The summed E-state index contributed by atoms with van der Waals surface area (Å²) in [5, 5.41) is 3.34. The minimum atomic E-state index is -3.13. The molecule has 0 spiro atoms. The van der Waals surface area contributed by atoms with E-state index >= 15 is 0 Å². The van der Waals surface area contributed by atoms with Crippen molar-refractivity contribution in [2.45, 2.75) is 65.0 Å². The number of likely N-dealkylation sites (tertiary alicyclic amines) is 1. The SMILES string of the molecule is CCCC1(C)CCCN(C(=NCC(C)(C)S(C)(=O)=O)NCC)C1. The lowest BCUT2D eigenvalue weighted by Crippen LogP contribution is -2.50. The van der Waals surface area contributed by atoms with Crippen LogP contribution in [-0.4, -0.2) is 56.5 Å². The first-order valence-corrected chi connectivity index (χ1v) is 10.7. The molecular weight excluding hydrogens is 310 g/mol. The van der Waals surface area contributed by atoms with E-state index in [1.807, 2.05) is 6.92 Å². The maximum absolute atomic E-state index is 11.9. The fourth-order valence-electron chi connectivity index (χ4n) is 3.11. The zero-order valence-electron chi connectivity index (χ0n) is 15.8. The molecule has 0 radical (unpaired) electrons. The maximum Gasteiger partial charge on any atom is 0.193 e. The molecule has 1 rings (SSSR count). The molecule has 0 aromatic heterocycles. The Morgan fingerprint density at radius 1 is 1.35 bits per heavy atom. The van der Waals surface area contributed by atoms with Gasteiger partial charge in [-0.05, 0) is 45.4 Å². The molecule has 1 fully saturated rings. The second-order valence-electron chi connectivity index (χ2n) is 7.79. The number of piperidine rings is 1. The van der Waals surface area contributed by atoms with Crippen molar-refractivity contribution in [3.05, 3.63) is 0 Å². The van der Waals surface area contributed by atoms with Crippen LogP contribution in [0.25, 0.3) is 0 Å². The highest BCUT2D eigenvalue weighted by molar-refractivity contribution is 7.92. The Morgan fingerprint density at radius 2 is 2.00 bits per heavy atom. The van der Waals surface area contributed by atoms with Crippen LogP contribution in [0.15, 0.2) is 4.99 Å². The average Bonchev–Trinajstić information content (AvgIpc) is 2.42. The molecule has 6 heteroatoms. The number of nitrogens with zero attached hydrogens (tertiary/aromatic N) is 2. The normalized spacial score (nSPS) is 23.9. The van der Waals surface area contributed by atoms with E-state index in [9.17, 15) is 8.42 Å². The van der Waals surface area contributed by atoms with Crippen molar-refractivity contribution in [1.29, 1.82) is 0 Å². The summed E-state index contributed by atoms with van der Waals surface area (Å²) < 4.78 is 22.9. The molecule has 1 N–H and O–H groups in total. The van der Waals surface area contributed by atoms with Crippen molar-refractivity contribution in [2.75, 3.05) is 32.4 Å². The van der Waals surface area contributed by atoms with Crippen molar-refractivity contribution in [1.82, 2.24) is 10.2 Å². The average molecular weight is 346 g/mol. The van der Waals surface area contributed by atoms with Crippen LogP contribution in [0.5, 0.6) is 0 Å². The zero-order valence-corrected chi connectivity index (χ0v) is 16.6. The van der Waals surface area contributed by atoms with E-state index in [1.54, 1.807) is 13.8 Å². The van der Waals surface area contributed by atoms with Gasteiger partial charge in [-0.1, -0.05) is 20.3 Å². The Morgan fingerprint density at radius 3 is 2.52 bits per heavy atom. The Balaban J connectivity index is 2.91. The van der Waals surface area contributed by atoms with Crippen LogP contribution in [0.2, 0.25) is 0 Å². The van der Waals surface area contributed by atoms with Crippen LogP contribution in [0.1, 0.15) is 60.3 Å². The van der Waals surface area contributed by atoms with Gasteiger partial charge in [0.2, 0.25) is 0 Å². The van der Waals surface area contributed by atoms with Gasteiger partial charge in [0, 0.05) is 25.9 Å². The van der Waals surface area contributed by atoms with Crippen molar-refractivity contribution >= 4 is 15.8 Å². The summed E-state index contributed by atoms with van der Waals surface area (Å²) in [7, 11) is -3.13. The molecule has 5 nitrogen and oxygen atoms in total. The van der Waals surface area contributed by atoms with Crippen LogP contribution in [0.4, 0.5) is 0 Å². The number of aliphatic imine (C=N–C) groups is 1. The highest BCUT2D eigenvalue weighted by Crippen LogP contribution is 2.34. The summed E-state index contributed by atoms with van der Waals surface area (Å²) in [5.41, 5.74) is 0.329. The quantitative estimate of drug-likeness (QED) is 0.594. The van der Waals surface area contributed by atoms with E-state index in [0.717, 1.165) is 32.0 Å². The molecule has 23 heavy (non-hydrogen) atoms. The molecule has 136 valence electrons. The first-order valence-electron chi connectivity index (χ1n) is 8.77. The van der Waals surface area contributed by atoms with Gasteiger partial charge in [0.25, 0.3) is 0 Å². The van der Waals surface area contributed by atoms with Gasteiger partial charge in [-0.2, -0.15) is 0 Å². The standard InChI is InChI=1S/C17H35N3O2S/c1-7-10-17(5)11-9-12-20(14-17)15(18-8-2)19-13-16(3,4)23(6,21)22/h7-14H2,1-6H3,(H,18,19). The van der Waals surface area contributed by atoms with Crippen LogP contribution in [-0.2, 0) is 9.84 Å². The van der Waals surface area contributed by atoms with Crippen molar-refractivity contribution in [2.24, 2.45) is 10.4 Å². The van der Waals surface area contributed by atoms with E-state index in [0.29, 0.717) is 5.41 Å². The van der Waals surface area contributed by atoms with E-state index in [1.165, 1.54) is 25.5 Å². The Bertz CT molecular complexity index is 510. The molecule has 1 aliphatic rings. The van der Waals surface area contributed by atoms with Gasteiger partial charge < -0.3 is 10.2 Å². The van der Waals surface area contributed by atoms with Gasteiger partial charge >= 0.3 is 0 Å². The van der Waals surface area contributed by atoms with Gasteiger partial charge in [0.15, 0.2) is 15.8 Å². The topological polar surface area (TPSA) is 61.8 Å². The first kappa shape index (κ1) is 20.3. The van der Waals surface area contributed by atoms with Gasteiger partial charge in [0.1, 0.15) is 0 Å². The highest BCUT2D eigenvalue weighted by atomic mass is 32.2. The monoisotopic (exact) mass is 345 g/mol. The van der Waals surface area contributed by atoms with Crippen LogP contribution < -0.4 is 5.32 Å². The third-order valence-corrected chi connectivity index (χ3v) is 7.02. The summed E-state index contributed by atoms with van der Waals surface area (Å²) in [6, 6.07) is 0. The van der Waals surface area contributed by atoms with Gasteiger partial charge in [-0.15, -0.1) is 0 Å². The number of rotatable bonds is 6. The second kappa shape index (κ2) is 7.86. The highest BCUT2D eigenvalue weighted by Gasteiger charge is 2.33. The summed E-state index contributed by atoms with van der Waals surface area (Å²) in [6.45, 7) is 13.2. The van der Waals surface area contributed by atoms with E-state index < -0.39 is 14.6 Å². The molecule has 1 unspecified atom stereocenters. The first-order chi connectivity index (χ1) is 10.5. The van der Waals surface area contributed by atoms with Gasteiger partial charge in [-0.3, -0.25) is 4.99 Å². The Hall–Kier alpha value is -0.780. The smallest absolute Gasteiger partial charge is 0.193 e. The number of hydrogen-bond acceptors (Lipinski definition) is 3. The van der Waals surface area contributed by atoms with Crippen LogP contribution in [0.3, 0.4) is 0 Å². The second-order valence-corrected chi connectivity index (χ2v) is 10.4. The number of hydrogen-bond donors (Lipinski definition) is 1. The third-order valence-electron chi connectivity index (χ3n) is 4.88. The molecule has 0 aromatic carbocycles. The maximum atomic E-state index is 11.9. The third kappa shape index (κ3) is 5.66. The van der Waals surface area contributed by atoms with Crippen molar-refractivity contribution in [3.8, 4) is 0 Å². The van der Waals surface area contributed by atoms with Gasteiger partial charge in [0.05, 0.1) is 11.3 Å². The number of sulfone groups is 1. The summed E-state index contributed by atoms with van der Waals surface area (Å²) in [5.74, 6) is 0.853. The largest absolute Gasteiger partial charge is 0.357 e. The predicted octanol–water partition coefficient (Wildman–Crippen LogP) is 2.68. The predicted molar refractivity (Wildman–Crippen MR) is 98.7 cm³/mol. The number of guanidine groups is 1. The minimum absolute atomic E-state index is 0.287. The molecular formula is C17H35N3O2S. The molecule has 1 atom stereocenters. The molecule has 1 saturated heterocycles. The van der Waals surface area contributed by atoms with E-state index in [-0.39, 0.29) is 6.54 Å². The molecule has 1 aliphatic heterocycles. The molecule has 0 aliphatic carbocycles. The van der Waals surface area contributed by atoms with E-state index in [4.69, 9.17) is 0 Å². The number of nitrogens with one attached hydrogen (secondary N) is 1. The Kier molecular flexibility index (Phi) is 6.93. The van der Waals surface area contributed by atoms with Crippen molar-refractivity contribution in [3.63, 3.8) is 0 Å². The molecule has 0 amide bonds. The summed E-state index contributed by atoms with van der Waals surface area (Å²) in [6.07, 6.45) is 6.12. The minimum Gasteiger partial charge on any atom is -0.357 e. The molecule has 0 aromatic rings. The molecule has 1 heterocycles.